The summed E-state index contributed by atoms with van der Waals surface area (Å²) in [5, 5.41) is 9.53. The summed E-state index contributed by atoms with van der Waals surface area (Å²) in [7, 11) is 0. The topological polar surface area (TPSA) is 46.5 Å². The fourth-order valence-corrected chi connectivity index (χ4v) is 1.05. The van der Waals surface area contributed by atoms with Gasteiger partial charge in [-0.05, 0) is 60.5 Å². The smallest absolute Gasteiger partial charge is 0.306 e. The Hall–Kier alpha value is -2.59. The quantitative estimate of drug-likeness (QED) is 0.614. The normalized spacial score (nSPS) is 9.95. The molecule has 0 rings (SSSR count). The van der Waals surface area contributed by atoms with Crippen molar-refractivity contribution in [2.45, 2.75) is 33.3 Å². The highest BCUT2D eigenvalue weighted by atomic mass is 16.5. The molecule has 0 aliphatic carbocycles. The van der Waals surface area contributed by atoms with Gasteiger partial charge in [-0.3, -0.25) is 4.79 Å². The van der Waals surface area contributed by atoms with Crippen molar-refractivity contribution in [1.29, 1.82) is 0 Å². The first-order chi connectivity index (χ1) is 10.1. The van der Waals surface area contributed by atoms with Gasteiger partial charge in [0.2, 0.25) is 0 Å². The average molecular weight is 282 g/mol. The zero-order valence-corrected chi connectivity index (χ0v) is 12.5. The van der Waals surface area contributed by atoms with E-state index in [0.717, 1.165) is 0 Å². The van der Waals surface area contributed by atoms with Crippen LogP contribution in [0.15, 0.2) is 12.2 Å². The number of aliphatic hydroxyl groups is 1. The van der Waals surface area contributed by atoms with Crippen molar-refractivity contribution < 1.29 is 14.6 Å². The molecule has 1 N–H and O–H groups in total. The lowest BCUT2D eigenvalue weighted by molar-refractivity contribution is -0.146. The number of ether oxygens (including phenoxy) is 1. The van der Waals surface area contributed by atoms with E-state index in [1.54, 1.807) is 6.92 Å². The molecular weight excluding hydrogens is 264 g/mol. The van der Waals surface area contributed by atoms with Gasteiger partial charge in [0.1, 0.15) is 12.7 Å². The molecule has 0 heterocycles. The third kappa shape index (κ3) is 13.6. The SMILES string of the molecule is CC#CC#CC#CC#CC=CC(O)COC(=O)CC(C)C. The van der Waals surface area contributed by atoms with Gasteiger partial charge in [0.15, 0.2) is 0 Å². The Morgan fingerprint density at radius 1 is 1.14 bits per heavy atom. The van der Waals surface area contributed by atoms with Gasteiger partial charge in [0, 0.05) is 6.42 Å². The van der Waals surface area contributed by atoms with E-state index in [-0.39, 0.29) is 18.5 Å². The maximum Gasteiger partial charge on any atom is 0.306 e. The Balaban J connectivity index is 4.06. The first-order valence-corrected chi connectivity index (χ1v) is 6.49. The number of esters is 1. The van der Waals surface area contributed by atoms with Crippen LogP contribution in [0.3, 0.4) is 0 Å². The minimum absolute atomic E-state index is 0.0728. The van der Waals surface area contributed by atoms with E-state index < -0.39 is 6.10 Å². The Labute approximate surface area is 126 Å². The highest BCUT2D eigenvalue weighted by molar-refractivity contribution is 5.69. The second kappa shape index (κ2) is 12.4. The molecule has 1 atom stereocenters. The van der Waals surface area contributed by atoms with E-state index in [1.165, 1.54) is 12.2 Å². The number of aliphatic hydroxyl groups excluding tert-OH is 1. The van der Waals surface area contributed by atoms with E-state index >= 15 is 0 Å². The van der Waals surface area contributed by atoms with Gasteiger partial charge in [-0.1, -0.05) is 25.7 Å². The molecule has 0 aromatic carbocycles. The minimum atomic E-state index is -0.872. The summed E-state index contributed by atoms with van der Waals surface area (Å²) in [5.74, 6) is 20.3. The van der Waals surface area contributed by atoms with Gasteiger partial charge in [-0.2, -0.15) is 0 Å². The Kier molecular flexibility index (Phi) is 10.9. The summed E-state index contributed by atoms with van der Waals surface area (Å²) in [6.07, 6.45) is 2.36. The summed E-state index contributed by atoms with van der Waals surface area (Å²) < 4.78 is 4.90. The number of allylic oxidation sites excluding steroid dienone is 1. The van der Waals surface area contributed by atoms with E-state index in [2.05, 4.69) is 47.4 Å². The van der Waals surface area contributed by atoms with Gasteiger partial charge in [0.05, 0.1) is 0 Å². The molecule has 0 fully saturated rings. The molecule has 0 aromatic rings. The van der Waals surface area contributed by atoms with E-state index in [1.807, 2.05) is 13.8 Å². The van der Waals surface area contributed by atoms with Crippen molar-refractivity contribution in [2.24, 2.45) is 5.92 Å². The summed E-state index contributed by atoms with van der Waals surface area (Å²) in [4.78, 5) is 11.3. The number of carbonyl (C=O) groups excluding carboxylic acids is 1. The van der Waals surface area contributed by atoms with Crippen molar-refractivity contribution in [3.63, 3.8) is 0 Å². The zero-order chi connectivity index (χ0) is 15.9. The molecule has 0 amide bonds. The highest BCUT2D eigenvalue weighted by Crippen LogP contribution is 2.01. The van der Waals surface area contributed by atoms with Gasteiger partial charge < -0.3 is 9.84 Å². The Bertz CT molecular complexity index is 596. The maximum atomic E-state index is 11.3. The standard InChI is InChI=1S/C18H18O3/c1-4-5-6-7-8-9-10-11-12-13-17(19)15-21-18(20)14-16(2)3/h12-13,16-17,19H,14-15H2,1-3H3. The first-order valence-electron chi connectivity index (χ1n) is 6.49. The maximum absolute atomic E-state index is 11.3. The zero-order valence-electron chi connectivity index (χ0n) is 12.5. The molecule has 0 saturated heterocycles. The monoisotopic (exact) mass is 282 g/mol. The predicted octanol–water partition coefficient (Wildman–Crippen LogP) is 1.53. The van der Waals surface area contributed by atoms with E-state index in [0.29, 0.717) is 6.42 Å². The molecule has 0 aromatic heterocycles. The molecular formula is C18H18O3. The summed E-state index contributed by atoms with van der Waals surface area (Å²) in [6.45, 7) is 5.47. The average Bonchev–Trinajstić information content (AvgIpc) is 2.42. The molecule has 3 nitrogen and oxygen atoms in total. The summed E-state index contributed by atoms with van der Waals surface area (Å²) in [5.41, 5.74) is 0. The van der Waals surface area contributed by atoms with E-state index in [9.17, 15) is 9.90 Å². The van der Waals surface area contributed by atoms with Crippen molar-refractivity contribution >= 4 is 5.97 Å². The fraction of sp³-hybridized carbons (Fsp3) is 0.389. The van der Waals surface area contributed by atoms with Gasteiger partial charge in [0.25, 0.3) is 0 Å². The van der Waals surface area contributed by atoms with Gasteiger partial charge in [-0.25, -0.2) is 0 Å². The second-order valence-electron chi connectivity index (χ2n) is 4.35. The third-order valence-corrected chi connectivity index (χ3v) is 1.90. The first kappa shape index (κ1) is 18.4. The molecule has 1 unspecified atom stereocenters. The van der Waals surface area contributed by atoms with Crippen LogP contribution < -0.4 is 0 Å². The Morgan fingerprint density at radius 3 is 2.38 bits per heavy atom. The molecule has 0 radical (unpaired) electrons. The lowest BCUT2D eigenvalue weighted by atomic mass is 10.1. The lowest BCUT2D eigenvalue weighted by Crippen LogP contribution is -2.17. The van der Waals surface area contributed by atoms with Crippen LogP contribution in [0, 0.1) is 53.3 Å². The number of carbonyl (C=O) groups is 1. The fourth-order valence-electron chi connectivity index (χ4n) is 1.05. The van der Waals surface area contributed by atoms with Crippen LogP contribution in [0.25, 0.3) is 0 Å². The van der Waals surface area contributed by atoms with Crippen LogP contribution >= 0.6 is 0 Å². The number of rotatable bonds is 5. The van der Waals surface area contributed by atoms with Crippen molar-refractivity contribution in [2.75, 3.05) is 6.61 Å². The summed E-state index contributed by atoms with van der Waals surface area (Å²) >= 11 is 0. The van der Waals surface area contributed by atoms with Crippen LogP contribution in [0.5, 0.6) is 0 Å². The van der Waals surface area contributed by atoms with E-state index in [4.69, 9.17) is 4.74 Å². The van der Waals surface area contributed by atoms with Crippen LogP contribution in [-0.2, 0) is 9.53 Å². The number of hydrogen-bond acceptors (Lipinski definition) is 3. The number of hydrogen-bond donors (Lipinski definition) is 1. The van der Waals surface area contributed by atoms with Crippen molar-refractivity contribution in [3.05, 3.63) is 12.2 Å². The molecule has 0 saturated carbocycles. The van der Waals surface area contributed by atoms with Crippen LogP contribution in [0.2, 0.25) is 0 Å². The summed E-state index contributed by atoms with van der Waals surface area (Å²) in [6, 6.07) is 0. The third-order valence-electron chi connectivity index (χ3n) is 1.90. The van der Waals surface area contributed by atoms with Crippen LogP contribution in [0.4, 0.5) is 0 Å². The molecule has 21 heavy (non-hydrogen) atoms. The van der Waals surface area contributed by atoms with Crippen molar-refractivity contribution in [1.82, 2.24) is 0 Å². The van der Waals surface area contributed by atoms with Crippen LogP contribution in [-0.4, -0.2) is 23.8 Å². The second-order valence-corrected chi connectivity index (χ2v) is 4.35. The minimum Gasteiger partial charge on any atom is -0.463 e. The molecule has 0 spiro atoms. The molecule has 108 valence electrons. The van der Waals surface area contributed by atoms with Gasteiger partial charge in [-0.15, -0.1) is 0 Å². The largest absolute Gasteiger partial charge is 0.463 e. The molecule has 0 bridgehead atoms. The molecule has 0 aliphatic heterocycles. The van der Waals surface area contributed by atoms with Gasteiger partial charge >= 0.3 is 5.97 Å². The predicted molar refractivity (Wildman–Crippen MR) is 82.3 cm³/mol. The Morgan fingerprint density at radius 2 is 1.76 bits per heavy atom. The highest BCUT2D eigenvalue weighted by Gasteiger charge is 2.07. The molecule has 0 aliphatic rings. The molecule has 3 heteroatoms. The lowest BCUT2D eigenvalue weighted by Gasteiger charge is -2.08. The van der Waals surface area contributed by atoms with Crippen LogP contribution in [0.1, 0.15) is 27.2 Å². The van der Waals surface area contributed by atoms with Crippen molar-refractivity contribution in [3.8, 4) is 47.4 Å².